The van der Waals surface area contributed by atoms with E-state index < -0.39 is 0 Å². The maximum atomic E-state index is 12.5. The quantitative estimate of drug-likeness (QED) is 0.893. The molecule has 0 bridgehead atoms. The molecule has 126 valence electrons. The van der Waals surface area contributed by atoms with Crippen LogP contribution in [0.3, 0.4) is 0 Å². The van der Waals surface area contributed by atoms with Crippen molar-refractivity contribution >= 4 is 28.8 Å². The summed E-state index contributed by atoms with van der Waals surface area (Å²) in [6, 6.07) is 5.13. The summed E-state index contributed by atoms with van der Waals surface area (Å²) in [5.41, 5.74) is 1.03. The zero-order chi connectivity index (χ0) is 16.8. The van der Waals surface area contributed by atoms with Crippen molar-refractivity contribution in [3.63, 3.8) is 0 Å². The monoisotopic (exact) mass is 345 g/mol. The average Bonchev–Trinajstić information content (AvgIpc) is 2.91. The fourth-order valence-electron chi connectivity index (χ4n) is 2.58. The van der Waals surface area contributed by atoms with Crippen molar-refractivity contribution in [2.24, 2.45) is 0 Å². The van der Waals surface area contributed by atoms with Gasteiger partial charge in [-0.2, -0.15) is 0 Å². The highest BCUT2D eigenvalue weighted by Crippen LogP contribution is 2.23. The van der Waals surface area contributed by atoms with Gasteiger partial charge >= 0.3 is 0 Å². The lowest BCUT2D eigenvalue weighted by Gasteiger charge is -2.15. The molecule has 1 aliphatic heterocycles. The molecule has 1 atom stereocenters. The Labute approximate surface area is 144 Å². The third kappa shape index (κ3) is 4.18. The van der Waals surface area contributed by atoms with Crippen LogP contribution >= 0.6 is 11.3 Å². The second kappa shape index (κ2) is 8.03. The minimum Gasteiger partial charge on any atom is -0.381 e. The van der Waals surface area contributed by atoms with Crippen LogP contribution in [0.2, 0.25) is 0 Å². The van der Waals surface area contributed by atoms with E-state index in [0.717, 1.165) is 25.9 Å². The lowest BCUT2D eigenvalue weighted by Crippen LogP contribution is -2.35. The maximum Gasteiger partial charge on any atom is 0.263 e. The summed E-state index contributed by atoms with van der Waals surface area (Å²) >= 11 is 1.32. The van der Waals surface area contributed by atoms with E-state index in [1.54, 1.807) is 36.0 Å². The molecule has 24 heavy (non-hydrogen) atoms. The normalized spacial score (nSPS) is 17.8. The van der Waals surface area contributed by atoms with Gasteiger partial charge in [0.15, 0.2) is 0 Å². The third-order valence-electron chi connectivity index (χ3n) is 3.85. The van der Waals surface area contributed by atoms with Gasteiger partial charge in [0.05, 0.1) is 5.69 Å². The van der Waals surface area contributed by atoms with E-state index in [2.05, 4.69) is 15.6 Å². The van der Waals surface area contributed by atoms with E-state index in [1.165, 1.54) is 11.3 Å². The number of aromatic nitrogens is 1. The molecule has 3 rings (SSSR count). The molecule has 1 unspecified atom stereocenters. The average molecular weight is 345 g/mol. The molecule has 0 aliphatic carbocycles. The van der Waals surface area contributed by atoms with E-state index in [4.69, 9.17) is 4.74 Å². The summed E-state index contributed by atoms with van der Waals surface area (Å²) in [6.07, 6.45) is 5.79. The molecule has 0 saturated carbocycles. The standard InChI is InChI=1S/C17H19N3O3S/c21-16(12-3-7-18-8-4-12)20-14-6-11-24-15(14)17(22)19-13-2-1-9-23-10-5-13/h3-4,6-8,11,13H,1-2,5,9-10H2,(H,19,22)(H,20,21). The fourth-order valence-corrected chi connectivity index (χ4v) is 3.33. The van der Waals surface area contributed by atoms with Crippen LogP contribution < -0.4 is 10.6 Å². The molecular formula is C17H19N3O3S. The molecule has 7 heteroatoms. The van der Waals surface area contributed by atoms with E-state index in [0.29, 0.717) is 22.7 Å². The molecule has 1 saturated heterocycles. The Morgan fingerprint density at radius 2 is 1.96 bits per heavy atom. The number of nitrogens with zero attached hydrogens (tertiary/aromatic N) is 1. The summed E-state index contributed by atoms with van der Waals surface area (Å²) in [5.74, 6) is -0.408. The lowest BCUT2D eigenvalue weighted by atomic mass is 10.1. The molecule has 6 nitrogen and oxygen atoms in total. The van der Waals surface area contributed by atoms with Crippen LogP contribution in [-0.4, -0.2) is 36.1 Å². The summed E-state index contributed by atoms with van der Waals surface area (Å²) in [5, 5.41) is 7.64. The van der Waals surface area contributed by atoms with Crippen molar-refractivity contribution in [1.82, 2.24) is 10.3 Å². The summed E-state index contributed by atoms with van der Waals surface area (Å²) in [6.45, 7) is 1.42. The van der Waals surface area contributed by atoms with Crippen molar-refractivity contribution in [1.29, 1.82) is 0 Å². The first-order valence-corrected chi connectivity index (χ1v) is 8.79. The second-order valence-electron chi connectivity index (χ2n) is 5.57. The second-order valence-corrected chi connectivity index (χ2v) is 6.48. The Morgan fingerprint density at radius 3 is 2.79 bits per heavy atom. The molecule has 2 amide bonds. The van der Waals surface area contributed by atoms with Gasteiger partial charge in [-0.3, -0.25) is 14.6 Å². The fraction of sp³-hybridized carbons (Fsp3) is 0.353. The Morgan fingerprint density at radius 1 is 1.12 bits per heavy atom. The van der Waals surface area contributed by atoms with Crippen LogP contribution in [0, 0.1) is 0 Å². The minimum atomic E-state index is -0.257. The first-order chi connectivity index (χ1) is 11.7. The van der Waals surface area contributed by atoms with Gasteiger partial charge in [-0.25, -0.2) is 0 Å². The maximum absolute atomic E-state index is 12.5. The summed E-state index contributed by atoms with van der Waals surface area (Å²) < 4.78 is 5.41. The molecule has 2 aromatic heterocycles. The Kier molecular flexibility index (Phi) is 5.55. The van der Waals surface area contributed by atoms with Crippen LogP contribution in [-0.2, 0) is 4.74 Å². The van der Waals surface area contributed by atoms with E-state index >= 15 is 0 Å². The van der Waals surface area contributed by atoms with Gasteiger partial charge in [-0.05, 0) is 42.8 Å². The molecule has 1 fully saturated rings. The van der Waals surface area contributed by atoms with Crippen molar-refractivity contribution in [2.75, 3.05) is 18.5 Å². The lowest BCUT2D eigenvalue weighted by molar-refractivity contribution is 0.0934. The zero-order valence-corrected chi connectivity index (χ0v) is 14.0. The van der Waals surface area contributed by atoms with Crippen molar-refractivity contribution in [3.05, 3.63) is 46.4 Å². The molecule has 0 aromatic carbocycles. The van der Waals surface area contributed by atoms with Gasteiger partial charge < -0.3 is 15.4 Å². The Balaban J connectivity index is 1.66. The van der Waals surface area contributed by atoms with Gasteiger partial charge in [0, 0.05) is 37.2 Å². The number of pyridine rings is 1. The topological polar surface area (TPSA) is 80.3 Å². The zero-order valence-electron chi connectivity index (χ0n) is 13.2. The smallest absolute Gasteiger partial charge is 0.263 e. The van der Waals surface area contributed by atoms with Crippen molar-refractivity contribution < 1.29 is 14.3 Å². The van der Waals surface area contributed by atoms with Gasteiger partial charge in [-0.1, -0.05) is 0 Å². The van der Waals surface area contributed by atoms with Gasteiger partial charge in [0.1, 0.15) is 4.88 Å². The van der Waals surface area contributed by atoms with Crippen molar-refractivity contribution in [3.8, 4) is 0 Å². The van der Waals surface area contributed by atoms with Crippen LogP contribution in [0.25, 0.3) is 0 Å². The number of hydrogen-bond donors (Lipinski definition) is 2. The van der Waals surface area contributed by atoms with Gasteiger partial charge in [0.2, 0.25) is 0 Å². The number of ether oxygens (including phenoxy) is 1. The number of hydrogen-bond acceptors (Lipinski definition) is 5. The molecule has 1 aliphatic rings. The number of rotatable bonds is 4. The highest BCUT2D eigenvalue weighted by atomic mass is 32.1. The first kappa shape index (κ1) is 16.6. The minimum absolute atomic E-state index is 0.117. The van der Waals surface area contributed by atoms with E-state index in [9.17, 15) is 9.59 Å². The van der Waals surface area contributed by atoms with E-state index in [-0.39, 0.29) is 17.9 Å². The van der Waals surface area contributed by atoms with Crippen molar-refractivity contribution in [2.45, 2.75) is 25.3 Å². The van der Waals surface area contributed by atoms with Crippen LogP contribution in [0.15, 0.2) is 36.0 Å². The predicted molar refractivity (Wildman–Crippen MR) is 92.4 cm³/mol. The first-order valence-electron chi connectivity index (χ1n) is 7.91. The third-order valence-corrected chi connectivity index (χ3v) is 4.76. The highest BCUT2D eigenvalue weighted by Gasteiger charge is 2.20. The largest absolute Gasteiger partial charge is 0.381 e. The predicted octanol–water partition coefficient (Wildman–Crippen LogP) is 2.69. The number of carbonyl (C=O) groups is 2. The van der Waals surface area contributed by atoms with Crippen LogP contribution in [0.4, 0.5) is 5.69 Å². The molecule has 3 heterocycles. The molecular weight excluding hydrogens is 326 g/mol. The van der Waals surface area contributed by atoms with Crippen LogP contribution in [0.1, 0.15) is 39.3 Å². The number of anilines is 1. The molecule has 0 spiro atoms. The molecule has 2 aromatic rings. The Hall–Kier alpha value is -2.25. The number of nitrogens with one attached hydrogen (secondary N) is 2. The van der Waals surface area contributed by atoms with E-state index in [1.807, 2.05) is 0 Å². The summed E-state index contributed by atoms with van der Waals surface area (Å²) in [7, 11) is 0. The number of amides is 2. The number of thiophene rings is 1. The van der Waals surface area contributed by atoms with Crippen LogP contribution in [0.5, 0.6) is 0 Å². The summed E-state index contributed by atoms with van der Waals surface area (Å²) in [4.78, 5) is 29.2. The number of carbonyl (C=O) groups excluding carboxylic acids is 2. The molecule has 2 N–H and O–H groups in total. The van der Waals surface area contributed by atoms with Gasteiger partial charge in [-0.15, -0.1) is 11.3 Å². The Bertz CT molecular complexity index is 694. The highest BCUT2D eigenvalue weighted by molar-refractivity contribution is 7.12. The SMILES string of the molecule is O=C(Nc1ccsc1C(=O)NC1CCCOCC1)c1ccncc1. The van der Waals surface area contributed by atoms with Gasteiger partial charge in [0.25, 0.3) is 11.8 Å². The molecule has 0 radical (unpaired) electrons.